The number of nitrogens with zero attached hydrogens (tertiary/aromatic N) is 4. The van der Waals surface area contributed by atoms with Crippen molar-refractivity contribution in [2.45, 2.75) is 84.1 Å². The lowest BCUT2D eigenvalue weighted by atomic mass is 9.72. The molecule has 1 atom stereocenters. The van der Waals surface area contributed by atoms with Gasteiger partial charge in [0.1, 0.15) is 6.04 Å². The molecule has 1 saturated carbocycles. The molecule has 2 N–H and O–H groups in total. The Kier molecular flexibility index (Phi) is 11.3. The van der Waals surface area contributed by atoms with Crippen molar-refractivity contribution in [3.05, 3.63) is 77.6 Å². The standard InChI is InChI=1S/C40H51N5O4/c1-3-5-28-8-12-30(13-9-28)31-18-20-44(21-19-31)35-23-41-37(42-24-35)32-14-10-29(11-15-32)22-36(39(47)45-25-34(26-45)40(48)49)43-38(46)33-16-6-27(4-2)7-17-33/h6-7,10-11,14-17,23-24,28,30-31,34,36H,3-5,8-9,12-13,18-22,25-26H2,1-2H3,(H,43,46)(H,48,49). The van der Waals surface area contributed by atoms with E-state index in [1.54, 1.807) is 12.1 Å². The Labute approximate surface area is 290 Å². The average Bonchev–Trinajstić information content (AvgIpc) is 3.11. The summed E-state index contributed by atoms with van der Waals surface area (Å²) in [5.74, 6) is 1.26. The van der Waals surface area contributed by atoms with Gasteiger partial charge in [-0.3, -0.25) is 14.4 Å². The molecule has 1 aliphatic carbocycles. The molecule has 49 heavy (non-hydrogen) atoms. The monoisotopic (exact) mass is 665 g/mol. The highest BCUT2D eigenvalue weighted by atomic mass is 16.4. The van der Waals surface area contributed by atoms with Gasteiger partial charge in [0.05, 0.1) is 24.0 Å². The van der Waals surface area contributed by atoms with Gasteiger partial charge in [-0.1, -0.05) is 75.9 Å². The van der Waals surface area contributed by atoms with E-state index in [2.05, 4.69) is 24.1 Å². The van der Waals surface area contributed by atoms with Gasteiger partial charge in [0.2, 0.25) is 5.91 Å². The van der Waals surface area contributed by atoms with Crippen molar-refractivity contribution in [1.29, 1.82) is 0 Å². The van der Waals surface area contributed by atoms with Gasteiger partial charge < -0.3 is 20.2 Å². The highest BCUT2D eigenvalue weighted by Crippen LogP contribution is 2.39. The van der Waals surface area contributed by atoms with E-state index in [-0.39, 0.29) is 31.3 Å². The van der Waals surface area contributed by atoms with Gasteiger partial charge in [-0.2, -0.15) is 0 Å². The van der Waals surface area contributed by atoms with E-state index in [1.807, 2.05) is 48.8 Å². The zero-order valence-corrected chi connectivity index (χ0v) is 29.0. The number of carbonyl (C=O) groups excluding carboxylic acids is 2. The van der Waals surface area contributed by atoms with Gasteiger partial charge in [0, 0.05) is 43.7 Å². The number of carboxylic acid groups (broad SMARTS) is 1. The summed E-state index contributed by atoms with van der Waals surface area (Å²) < 4.78 is 0. The molecule has 3 fully saturated rings. The lowest BCUT2D eigenvalue weighted by Gasteiger charge is -2.39. The number of carboxylic acids is 1. The number of carbonyl (C=O) groups is 3. The number of hydrogen-bond acceptors (Lipinski definition) is 6. The fraction of sp³-hybridized carbons (Fsp3) is 0.525. The molecular formula is C40H51N5O4. The van der Waals surface area contributed by atoms with Gasteiger partial charge in [-0.15, -0.1) is 0 Å². The average molecular weight is 666 g/mol. The number of benzene rings is 2. The molecule has 3 aliphatic rings. The van der Waals surface area contributed by atoms with E-state index >= 15 is 0 Å². The van der Waals surface area contributed by atoms with Crippen molar-refractivity contribution < 1.29 is 19.5 Å². The molecule has 260 valence electrons. The molecule has 9 nitrogen and oxygen atoms in total. The van der Waals surface area contributed by atoms with Crippen molar-refractivity contribution in [2.24, 2.45) is 23.7 Å². The van der Waals surface area contributed by atoms with E-state index in [1.165, 1.54) is 56.3 Å². The van der Waals surface area contributed by atoms with Crippen LogP contribution < -0.4 is 10.2 Å². The van der Waals surface area contributed by atoms with E-state index in [4.69, 9.17) is 9.97 Å². The number of amides is 2. The summed E-state index contributed by atoms with van der Waals surface area (Å²) >= 11 is 0. The van der Waals surface area contributed by atoms with Crippen LogP contribution in [0.25, 0.3) is 11.4 Å². The number of piperidine rings is 1. The number of likely N-dealkylation sites (tertiary alicyclic amines) is 1. The Balaban J connectivity index is 1.05. The van der Waals surface area contributed by atoms with Crippen molar-refractivity contribution in [3.63, 3.8) is 0 Å². The number of aliphatic carboxylic acids is 1. The van der Waals surface area contributed by atoms with Crippen molar-refractivity contribution in [1.82, 2.24) is 20.2 Å². The Morgan fingerprint density at radius 3 is 2.04 bits per heavy atom. The lowest BCUT2D eigenvalue weighted by Crippen LogP contribution is -2.59. The maximum atomic E-state index is 13.4. The second-order valence-corrected chi connectivity index (χ2v) is 14.4. The van der Waals surface area contributed by atoms with E-state index in [9.17, 15) is 19.5 Å². The van der Waals surface area contributed by atoms with Crippen molar-refractivity contribution in [3.8, 4) is 11.4 Å². The predicted molar refractivity (Wildman–Crippen MR) is 191 cm³/mol. The number of anilines is 1. The third-order valence-corrected chi connectivity index (χ3v) is 11.2. The Morgan fingerprint density at radius 1 is 0.837 bits per heavy atom. The van der Waals surface area contributed by atoms with Crippen LogP contribution in [-0.2, 0) is 22.4 Å². The third-order valence-electron chi connectivity index (χ3n) is 11.2. The first-order valence-electron chi connectivity index (χ1n) is 18.4. The summed E-state index contributed by atoms with van der Waals surface area (Å²) in [7, 11) is 0. The van der Waals surface area contributed by atoms with Crippen LogP contribution >= 0.6 is 0 Å². The molecule has 3 aromatic rings. The van der Waals surface area contributed by atoms with Crippen molar-refractivity contribution >= 4 is 23.5 Å². The van der Waals surface area contributed by atoms with Crippen LogP contribution in [0.4, 0.5) is 5.69 Å². The maximum absolute atomic E-state index is 13.4. The molecule has 2 aliphatic heterocycles. The van der Waals surface area contributed by atoms with Gasteiger partial charge in [-0.05, 0) is 73.1 Å². The number of hydrogen-bond donors (Lipinski definition) is 2. The zero-order chi connectivity index (χ0) is 34.3. The van der Waals surface area contributed by atoms with E-state index in [0.717, 1.165) is 59.6 Å². The summed E-state index contributed by atoms with van der Waals surface area (Å²) in [6, 6.07) is 14.3. The molecular weight excluding hydrogens is 614 g/mol. The molecule has 2 amide bonds. The lowest BCUT2D eigenvalue weighted by molar-refractivity contribution is -0.153. The molecule has 6 rings (SSSR count). The molecule has 2 saturated heterocycles. The van der Waals surface area contributed by atoms with Crippen LogP contribution in [0.5, 0.6) is 0 Å². The highest BCUT2D eigenvalue weighted by Gasteiger charge is 2.39. The summed E-state index contributed by atoms with van der Waals surface area (Å²) in [6.45, 7) is 6.78. The molecule has 1 aromatic heterocycles. The highest BCUT2D eigenvalue weighted by molar-refractivity contribution is 5.98. The van der Waals surface area contributed by atoms with Crippen LogP contribution in [0.3, 0.4) is 0 Å². The Morgan fingerprint density at radius 2 is 1.45 bits per heavy atom. The Bertz CT molecular complexity index is 1550. The van der Waals surface area contributed by atoms with Gasteiger partial charge in [0.15, 0.2) is 5.82 Å². The molecule has 1 unspecified atom stereocenters. The molecule has 0 spiro atoms. The van der Waals surface area contributed by atoms with E-state index in [0.29, 0.717) is 11.4 Å². The summed E-state index contributed by atoms with van der Waals surface area (Å²) in [6.07, 6.45) is 15.9. The normalized spacial score (nSPS) is 20.8. The largest absolute Gasteiger partial charge is 0.481 e. The minimum Gasteiger partial charge on any atom is -0.481 e. The second-order valence-electron chi connectivity index (χ2n) is 14.4. The van der Waals surface area contributed by atoms with Crippen molar-refractivity contribution in [2.75, 3.05) is 31.1 Å². The fourth-order valence-electron chi connectivity index (χ4n) is 8.01. The fourth-order valence-corrected chi connectivity index (χ4v) is 8.01. The maximum Gasteiger partial charge on any atom is 0.310 e. The van der Waals surface area contributed by atoms with Gasteiger partial charge in [0.25, 0.3) is 5.91 Å². The van der Waals surface area contributed by atoms with E-state index < -0.39 is 17.9 Å². The summed E-state index contributed by atoms with van der Waals surface area (Å²) in [4.78, 5) is 51.3. The number of aromatic nitrogens is 2. The minimum atomic E-state index is -0.911. The zero-order valence-electron chi connectivity index (χ0n) is 29.0. The summed E-state index contributed by atoms with van der Waals surface area (Å²) in [5, 5.41) is 12.2. The first kappa shape index (κ1) is 34.6. The van der Waals surface area contributed by atoms with Crippen LogP contribution in [0.1, 0.15) is 86.7 Å². The SMILES string of the molecule is CCCC1CCC(C2CCN(c3cnc(-c4ccc(CC(NC(=O)c5ccc(CC)cc5)C(=O)N5CC(C(=O)O)C5)cc4)nc3)CC2)CC1. The molecule has 3 heterocycles. The number of aryl methyl sites for hydroxylation is 1. The number of nitrogens with one attached hydrogen (secondary N) is 1. The third kappa shape index (κ3) is 8.49. The molecule has 0 bridgehead atoms. The molecule has 0 radical (unpaired) electrons. The molecule has 9 heteroatoms. The number of rotatable bonds is 12. The van der Waals surface area contributed by atoms with Crippen LogP contribution in [-0.4, -0.2) is 70.0 Å². The van der Waals surface area contributed by atoms with Crippen LogP contribution in [0, 0.1) is 23.7 Å². The topological polar surface area (TPSA) is 116 Å². The quantitative estimate of drug-likeness (QED) is 0.230. The van der Waals surface area contributed by atoms with Crippen LogP contribution in [0.2, 0.25) is 0 Å². The molecule has 2 aromatic carbocycles. The Hall–Kier alpha value is -4.27. The second kappa shape index (κ2) is 16.0. The first-order valence-corrected chi connectivity index (χ1v) is 18.4. The smallest absolute Gasteiger partial charge is 0.310 e. The minimum absolute atomic E-state index is 0.149. The van der Waals surface area contributed by atoms with Gasteiger partial charge >= 0.3 is 5.97 Å². The predicted octanol–water partition coefficient (Wildman–Crippen LogP) is 6.41. The first-order chi connectivity index (χ1) is 23.8. The van der Waals surface area contributed by atoms with Gasteiger partial charge in [-0.25, -0.2) is 9.97 Å². The summed E-state index contributed by atoms with van der Waals surface area (Å²) in [5.41, 5.74) is 4.42. The van der Waals surface area contributed by atoms with Crippen LogP contribution in [0.15, 0.2) is 60.9 Å².